The van der Waals surface area contributed by atoms with E-state index < -0.39 is 23.3 Å². The molecule has 118 valence electrons. The first-order valence-electron chi connectivity index (χ1n) is 6.34. The Bertz CT molecular complexity index is 736. The number of rotatable bonds is 1. The molecule has 2 rings (SSSR count). The standard InChI is InChI=1S/C15H13Br2F2NO2/c1-15(2,3)22-14(21)20-7-8(16)4-13(20)9-5-12(19)10(17)6-11(9)18/h4-7H,1-3H3. The molecule has 3 nitrogen and oxygen atoms in total. The highest BCUT2D eigenvalue weighted by Crippen LogP contribution is 2.31. The van der Waals surface area contributed by atoms with E-state index in [0.29, 0.717) is 4.47 Å². The Morgan fingerprint density at radius 3 is 2.36 bits per heavy atom. The van der Waals surface area contributed by atoms with E-state index in [0.717, 1.165) is 16.7 Å². The van der Waals surface area contributed by atoms with Crippen molar-refractivity contribution in [3.63, 3.8) is 0 Å². The highest BCUT2D eigenvalue weighted by molar-refractivity contribution is 9.10. The summed E-state index contributed by atoms with van der Waals surface area (Å²) < 4.78 is 34.8. The summed E-state index contributed by atoms with van der Waals surface area (Å²) in [5.41, 5.74) is -0.531. The van der Waals surface area contributed by atoms with E-state index in [-0.39, 0.29) is 15.7 Å². The minimum atomic E-state index is -0.700. The lowest BCUT2D eigenvalue weighted by molar-refractivity contribution is 0.0540. The zero-order valence-electron chi connectivity index (χ0n) is 12.1. The summed E-state index contributed by atoms with van der Waals surface area (Å²) >= 11 is 6.15. The van der Waals surface area contributed by atoms with Crippen molar-refractivity contribution < 1.29 is 18.3 Å². The van der Waals surface area contributed by atoms with Gasteiger partial charge in [-0.3, -0.25) is 4.57 Å². The summed E-state index contributed by atoms with van der Waals surface area (Å²) in [7, 11) is 0. The molecule has 1 aromatic carbocycles. The van der Waals surface area contributed by atoms with Crippen molar-refractivity contribution >= 4 is 38.0 Å². The average Bonchev–Trinajstić information content (AvgIpc) is 2.74. The molecular weight excluding hydrogens is 424 g/mol. The number of ether oxygens (including phenoxy) is 1. The highest BCUT2D eigenvalue weighted by atomic mass is 79.9. The Morgan fingerprint density at radius 1 is 1.14 bits per heavy atom. The molecule has 0 aliphatic heterocycles. The van der Waals surface area contributed by atoms with Gasteiger partial charge in [0.15, 0.2) is 0 Å². The third-order valence-electron chi connectivity index (χ3n) is 2.66. The van der Waals surface area contributed by atoms with Gasteiger partial charge in [0.05, 0.1) is 10.2 Å². The molecule has 1 heterocycles. The molecular formula is C15H13Br2F2NO2. The van der Waals surface area contributed by atoms with Crippen LogP contribution in [0.4, 0.5) is 13.6 Å². The van der Waals surface area contributed by atoms with Gasteiger partial charge in [-0.25, -0.2) is 13.6 Å². The minimum absolute atomic E-state index is 0.0168. The van der Waals surface area contributed by atoms with Crippen molar-refractivity contribution in [2.45, 2.75) is 26.4 Å². The normalized spacial score (nSPS) is 11.6. The number of hydrogen-bond acceptors (Lipinski definition) is 2. The Morgan fingerprint density at radius 2 is 1.77 bits per heavy atom. The van der Waals surface area contributed by atoms with Crippen LogP contribution in [-0.2, 0) is 4.74 Å². The van der Waals surface area contributed by atoms with E-state index in [9.17, 15) is 13.6 Å². The van der Waals surface area contributed by atoms with Crippen LogP contribution in [0.2, 0.25) is 0 Å². The van der Waals surface area contributed by atoms with E-state index in [1.807, 2.05) is 0 Å². The lowest BCUT2D eigenvalue weighted by atomic mass is 10.1. The summed E-state index contributed by atoms with van der Waals surface area (Å²) in [6, 6.07) is 3.57. The lowest BCUT2D eigenvalue weighted by Crippen LogP contribution is -2.27. The minimum Gasteiger partial charge on any atom is -0.443 e. The molecule has 0 aliphatic carbocycles. The number of carbonyl (C=O) groups is 1. The van der Waals surface area contributed by atoms with Gasteiger partial charge in [0, 0.05) is 16.2 Å². The molecule has 0 unspecified atom stereocenters. The van der Waals surface area contributed by atoms with Crippen molar-refractivity contribution in [3.05, 3.63) is 45.0 Å². The molecule has 2 aromatic rings. The second-order valence-corrected chi connectivity index (χ2v) is 7.41. The number of benzene rings is 1. The first-order valence-corrected chi connectivity index (χ1v) is 7.93. The predicted molar refractivity (Wildman–Crippen MR) is 86.8 cm³/mol. The molecule has 22 heavy (non-hydrogen) atoms. The molecule has 0 saturated heterocycles. The Kier molecular flexibility index (Phi) is 4.77. The summed E-state index contributed by atoms with van der Waals surface area (Å²) in [6.07, 6.45) is 0.777. The number of hydrogen-bond donors (Lipinski definition) is 0. The van der Waals surface area contributed by atoms with Crippen molar-refractivity contribution in [1.82, 2.24) is 4.57 Å². The largest absolute Gasteiger partial charge is 0.443 e. The molecule has 0 bridgehead atoms. The maximum absolute atomic E-state index is 14.1. The fourth-order valence-electron chi connectivity index (χ4n) is 1.82. The third kappa shape index (κ3) is 3.76. The van der Waals surface area contributed by atoms with Gasteiger partial charge in [0.2, 0.25) is 0 Å². The Balaban J connectivity index is 2.54. The van der Waals surface area contributed by atoms with Crippen molar-refractivity contribution in [2.24, 2.45) is 0 Å². The molecule has 0 fully saturated rings. The van der Waals surface area contributed by atoms with Gasteiger partial charge in [-0.2, -0.15) is 0 Å². The van der Waals surface area contributed by atoms with Gasteiger partial charge in [-0.05, 0) is 70.8 Å². The van der Waals surface area contributed by atoms with Gasteiger partial charge in [0.25, 0.3) is 0 Å². The SMILES string of the molecule is CC(C)(C)OC(=O)n1cc(Br)cc1-c1cc(F)c(Br)cc1F. The highest BCUT2D eigenvalue weighted by Gasteiger charge is 2.22. The van der Waals surface area contributed by atoms with Crippen LogP contribution in [0.5, 0.6) is 0 Å². The van der Waals surface area contributed by atoms with Gasteiger partial charge in [-0.1, -0.05) is 0 Å². The van der Waals surface area contributed by atoms with Gasteiger partial charge in [0.1, 0.15) is 17.2 Å². The summed E-state index contributed by atoms with van der Waals surface area (Å²) in [5, 5.41) is 0. The molecule has 0 spiro atoms. The smallest absolute Gasteiger partial charge is 0.419 e. The van der Waals surface area contributed by atoms with Gasteiger partial charge >= 0.3 is 6.09 Å². The zero-order chi connectivity index (χ0) is 16.7. The van der Waals surface area contributed by atoms with E-state index in [1.54, 1.807) is 20.8 Å². The van der Waals surface area contributed by atoms with E-state index in [2.05, 4.69) is 31.9 Å². The molecule has 1 aromatic heterocycles. The number of carbonyl (C=O) groups excluding carboxylic acids is 1. The first-order chi connectivity index (χ1) is 10.1. The van der Waals surface area contributed by atoms with Crippen LogP contribution < -0.4 is 0 Å². The summed E-state index contributed by atoms with van der Waals surface area (Å²) in [5.74, 6) is -1.27. The van der Waals surface area contributed by atoms with Gasteiger partial charge < -0.3 is 4.74 Å². The second kappa shape index (κ2) is 6.12. The van der Waals surface area contributed by atoms with E-state index in [4.69, 9.17) is 4.74 Å². The number of aromatic nitrogens is 1. The summed E-state index contributed by atoms with van der Waals surface area (Å²) in [6.45, 7) is 5.18. The second-order valence-electron chi connectivity index (χ2n) is 5.64. The lowest BCUT2D eigenvalue weighted by Gasteiger charge is -2.20. The van der Waals surface area contributed by atoms with E-state index in [1.165, 1.54) is 12.3 Å². The van der Waals surface area contributed by atoms with Crippen LogP contribution >= 0.6 is 31.9 Å². The molecule has 0 radical (unpaired) electrons. The first kappa shape index (κ1) is 17.1. The van der Waals surface area contributed by atoms with Crippen LogP contribution in [0.3, 0.4) is 0 Å². The van der Waals surface area contributed by atoms with Gasteiger partial charge in [-0.15, -0.1) is 0 Å². The quantitative estimate of drug-likeness (QED) is 0.533. The average molecular weight is 437 g/mol. The summed E-state index contributed by atoms with van der Waals surface area (Å²) in [4.78, 5) is 12.2. The molecule has 7 heteroatoms. The fraction of sp³-hybridized carbons (Fsp3) is 0.267. The van der Waals surface area contributed by atoms with Crippen molar-refractivity contribution in [3.8, 4) is 11.3 Å². The maximum atomic E-state index is 14.1. The van der Waals surface area contributed by atoms with Crippen molar-refractivity contribution in [2.75, 3.05) is 0 Å². The molecule has 0 amide bonds. The molecule has 0 N–H and O–H groups in total. The van der Waals surface area contributed by atoms with Crippen LogP contribution in [0.25, 0.3) is 11.3 Å². The topological polar surface area (TPSA) is 31.2 Å². The maximum Gasteiger partial charge on any atom is 0.419 e. The van der Waals surface area contributed by atoms with Crippen LogP contribution in [0, 0.1) is 11.6 Å². The molecule has 0 saturated carbocycles. The third-order valence-corrected chi connectivity index (χ3v) is 3.70. The van der Waals surface area contributed by atoms with E-state index >= 15 is 0 Å². The van der Waals surface area contributed by atoms with Crippen molar-refractivity contribution in [1.29, 1.82) is 0 Å². The fourth-order valence-corrected chi connectivity index (χ4v) is 2.56. The Hall–Kier alpha value is -1.21. The van der Waals surface area contributed by atoms with Crippen LogP contribution in [-0.4, -0.2) is 16.3 Å². The predicted octanol–water partition coefficient (Wildman–Crippen LogP) is 5.74. The Labute approximate surface area is 143 Å². The van der Waals surface area contributed by atoms with Crippen LogP contribution in [0.15, 0.2) is 33.3 Å². The monoisotopic (exact) mass is 435 g/mol. The van der Waals surface area contributed by atoms with Crippen LogP contribution in [0.1, 0.15) is 20.8 Å². The number of halogens is 4. The molecule has 0 aliphatic rings. The zero-order valence-corrected chi connectivity index (χ0v) is 15.3. The number of nitrogens with zero attached hydrogens (tertiary/aromatic N) is 1. The molecule has 0 atom stereocenters.